The van der Waals surface area contributed by atoms with Crippen LogP contribution in [0.1, 0.15) is 26.3 Å². The Balaban J connectivity index is 3.10. The van der Waals surface area contributed by atoms with Crippen LogP contribution in [0, 0.1) is 11.3 Å². The van der Waals surface area contributed by atoms with Crippen LogP contribution in [0.4, 0.5) is 5.69 Å². The Hall–Kier alpha value is -2.48. The van der Waals surface area contributed by atoms with Crippen molar-refractivity contribution in [1.82, 2.24) is 0 Å². The number of carbonyl (C=O) groups is 1. The van der Waals surface area contributed by atoms with Crippen LogP contribution in [0.2, 0.25) is 0 Å². The van der Waals surface area contributed by atoms with Gasteiger partial charge in [0.05, 0.1) is 6.61 Å². The smallest absolute Gasteiger partial charge is 0.348 e. The summed E-state index contributed by atoms with van der Waals surface area (Å²) in [5.74, 6) is -0.663. The number of ether oxygens (including phenoxy) is 1. The maximum atomic E-state index is 11.6. The van der Waals surface area contributed by atoms with Crippen LogP contribution in [-0.2, 0) is 9.53 Å². The second kappa shape index (κ2) is 7.95. The SMILES string of the molecule is CCOC(=O)/C(C#N)=C/c1ccc(N(CC)CC)cc1O. The summed E-state index contributed by atoms with van der Waals surface area (Å²) in [5, 5.41) is 19.0. The molecule has 0 aliphatic carbocycles. The second-order valence-corrected chi connectivity index (χ2v) is 4.31. The van der Waals surface area contributed by atoms with Gasteiger partial charge in [-0.05, 0) is 39.0 Å². The van der Waals surface area contributed by atoms with E-state index < -0.39 is 5.97 Å². The van der Waals surface area contributed by atoms with Crippen molar-refractivity contribution in [2.24, 2.45) is 0 Å². The Morgan fingerprint density at radius 1 is 1.38 bits per heavy atom. The number of nitriles is 1. The van der Waals surface area contributed by atoms with E-state index in [1.165, 1.54) is 6.08 Å². The first kappa shape index (κ1) is 16.6. The zero-order valence-corrected chi connectivity index (χ0v) is 12.6. The van der Waals surface area contributed by atoms with Gasteiger partial charge in [0.25, 0.3) is 0 Å². The van der Waals surface area contributed by atoms with Crippen LogP contribution < -0.4 is 4.90 Å². The first-order valence-corrected chi connectivity index (χ1v) is 6.94. The molecule has 0 amide bonds. The Morgan fingerprint density at radius 3 is 2.52 bits per heavy atom. The first-order valence-electron chi connectivity index (χ1n) is 6.94. The Bertz CT molecular complexity index is 569. The summed E-state index contributed by atoms with van der Waals surface area (Å²) in [4.78, 5) is 13.6. The Morgan fingerprint density at radius 2 is 2.05 bits per heavy atom. The van der Waals surface area contributed by atoms with Crippen LogP contribution in [0.5, 0.6) is 5.75 Å². The van der Waals surface area contributed by atoms with E-state index in [0.717, 1.165) is 18.8 Å². The third kappa shape index (κ3) is 4.25. The minimum atomic E-state index is -0.688. The van der Waals surface area contributed by atoms with Gasteiger partial charge in [-0.25, -0.2) is 4.79 Å². The normalized spacial score (nSPS) is 10.9. The van der Waals surface area contributed by atoms with Gasteiger partial charge < -0.3 is 14.7 Å². The zero-order valence-electron chi connectivity index (χ0n) is 12.6. The number of hydrogen-bond acceptors (Lipinski definition) is 5. The number of phenols is 1. The van der Waals surface area contributed by atoms with E-state index in [-0.39, 0.29) is 17.9 Å². The monoisotopic (exact) mass is 288 g/mol. The van der Waals surface area contributed by atoms with Crippen LogP contribution in [-0.4, -0.2) is 30.8 Å². The molecule has 0 unspecified atom stereocenters. The van der Waals surface area contributed by atoms with Crippen LogP contribution >= 0.6 is 0 Å². The van der Waals surface area contributed by atoms with Crippen molar-refractivity contribution in [3.8, 4) is 11.8 Å². The number of hydrogen-bond donors (Lipinski definition) is 1. The van der Waals surface area contributed by atoms with Crippen molar-refractivity contribution in [2.45, 2.75) is 20.8 Å². The van der Waals surface area contributed by atoms with Crippen molar-refractivity contribution >= 4 is 17.7 Å². The molecule has 0 radical (unpaired) electrons. The fourth-order valence-corrected chi connectivity index (χ4v) is 1.94. The number of phenolic OH excluding ortho intramolecular Hbond substituents is 1. The molecule has 0 atom stereocenters. The third-order valence-corrected chi connectivity index (χ3v) is 3.06. The molecule has 0 saturated carbocycles. The molecule has 0 saturated heterocycles. The largest absolute Gasteiger partial charge is 0.507 e. The maximum Gasteiger partial charge on any atom is 0.348 e. The van der Waals surface area contributed by atoms with E-state index >= 15 is 0 Å². The maximum absolute atomic E-state index is 11.6. The van der Waals surface area contributed by atoms with Crippen molar-refractivity contribution in [2.75, 3.05) is 24.6 Å². The predicted molar refractivity (Wildman–Crippen MR) is 81.9 cm³/mol. The number of benzene rings is 1. The summed E-state index contributed by atoms with van der Waals surface area (Å²) in [6.45, 7) is 7.59. The average molecular weight is 288 g/mol. The fourth-order valence-electron chi connectivity index (χ4n) is 1.94. The van der Waals surface area contributed by atoms with Gasteiger partial charge in [0.1, 0.15) is 17.4 Å². The van der Waals surface area contributed by atoms with Gasteiger partial charge in [0.2, 0.25) is 0 Å². The van der Waals surface area contributed by atoms with Gasteiger partial charge in [-0.15, -0.1) is 0 Å². The molecule has 5 heteroatoms. The number of aromatic hydroxyl groups is 1. The molecule has 1 aromatic rings. The van der Waals surface area contributed by atoms with Gasteiger partial charge in [0, 0.05) is 30.4 Å². The highest BCUT2D eigenvalue weighted by molar-refractivity contribution is 5.98. The van der Waals surface area contributed by atoms with E-state index in [1.54, 1.807) is 25.1 Å². The van der Waals surface area contributed by atoms with Crippen molar-refractivity contribution in [3.63, 3.8) is 0 Å². The first-order chi connectivity index (χ1) is 10.1. The molecule has 0 heterocycles. The molecule has 0 aromatic heterocycles. The lowest BCUT2D eigenvalue weighted by molar-refractivity contribution is -0.137. The van der Waals surface area contributed by atoms with E-state index in [1.807, 2.05) is 19.9 Å². The summed E-state index contributed by atoms with van der Waals surface area (Å²) in [7, 11) is 0. The van der Waals surface area contributed by atoms with Crippen LogP contribution in [0.25, 0.3) is 6.08 Å². The highest BCUT2D eigenvalue weighted by Crippen LogP contribution is 2.26. The molecule has 5 nitrogen and oxygen atoms in total. The highest BCUT2D eigenvalue weighted by atomic mass is 16.5. The topological polar surface area (TPSA) is 73.6 Å². The van der Waals surface area contributed by atoms with Gasteiger partial charge in [-0.1, -0.05) is 0 Å². The summed E-state index contributed by atoms with van der Waals surface area (Å²) in [6, 6.07) is 6.94. The molecule has 0 aliphatic rings. The molecule has 0 spiro atoms. The van der Waals surface area contributed by atoms with E-state index in [9.17, 15) is 9.90 Å². The molecule has 1 aromatic carbocycles. The predicted octanol–water partition coefficient (Wildman–Crippen LogP) is 2.71. The lowest BCUT2D eigenvalue weighted by atomic mass is 10.1. The molecular formula is C16H20N2O3. The van der Waals surface area contributed by atoms with Crippen molar-refractivity contribution < 1.29 is 14.6 Å². The number of esters is 1. The number of rotatable bonds is 6. The third-order valence-electron chi connectivity index (χ3n) is 3.06. The average Bonchev–Trinajstić information content (AvgIpc) is 2.48. The lowest BCUT2D eigenvalue weighted by Gasteiger charge is -2.21. The van der Waals surface area contributed by atoms with Gasteiger partial charge >= 0.3 is 5.97 Å². The minimum Gasteiger partial charge on any atom is -0.507 e. The Kier molecular flexibility index (Phi) is 6.28. The van der Waals surface area contributed by atoms with Gasteiger partial charge in [-0.3, -0.25) is 0 Å². The number of nitrogens with zero attached hydrogens (tertiary/aromatic N) is 2. The van der Waals surface area contributed by atoms with Crippen LogP contribution in [0.3, 0.4) is 0 Å². The number of carbonyl (C=O) groups excluding carboxylic acids is 1. The molecule has 0 aliphatic heterocycles. The van der Waals surface area contributed by atoms with Crippen molar-refractivity contribution in [3.05, 3.63) is 29.3 Å². The van der Waals surface area contributed by atoms with Crippen LogP contribution in [0.15, 0.2) is 23.8 Å². The van der Waals surface area contributed by atoms with Gasteiger partial charge in [-0.2, -0.15) is 5.26 Å². The lowest BCUT2D eigenvalue weighted by Crippen LogP contribution is -2.21. The Labute approximate surface area is 125 Å². The van der Waals surface area contributed by atoms with E-state index in [4.69, 9.17) is 10.00 Å². The molecule has 0 bridgehead atoms. The summed E-state index contributed by atoms with van der Waals surface area (Å²) in [6.07, 6.45) is 1.33. The molecule has 21 heavy (non-hydrogen) atoms. The standard InChI is InChI=1S/C16H20N2O3/c1-4-18(5-2)14-8-7-12(15(19)10-14)9-13(11-17)16(20)21-6-3/h7-10,19H,4-6H2,1-3H3/b13-9+. The second-order valence-electron chi connectivity index (χ2n) is 4.31. The molecule has 1 rings (SSSR count). The highest BCUT2D eigenvalue weighted by Gasteiger charge is 2.12. The molecule has 1 N–H and O–H groups in total. The van der Waals surface area contributed by atoms with E-state index in [2.05, 4.69) is 4.90 Å². The number of anilines is 1. The quantitative estimate of drug-likeness (QED) is 0.495. The molecule has 112 valence electrons. The summed E-state index contributed by atoms with van der Waals surface area (Å²) in [5.41, 5.74) is 1.17. The molecular weight excluding hydrogens is 268 g/mol. The minimum absolute atomic E-state index is 0.0245. The van der Waals surface area contributed by atoms with Crippen molar-refractivity contribution in [1.29, 1.82) is 5.26 Å². The summed E-state index contributed by atoms with van der Waals surface area (Å²) < 4.78 is 4.78. The van der Waals surface area contributed by atoms with E-state index in [0.29, 0.717) is 5.56 Å². The fraction of sp³-hybridized carbons (Fsp3) is 0.375. The zero-order chi connectivity index (χ0) is 15.8. The van der Waals surface area contributed by atoms with Gasteiger partial charge in [0.15, 0.2) is 0 Å². The molecule has 0 fully saturated rings. The summed E-state index contributed by atoms with van der Waals surface area (Å²) >= 11 is 0.